The highest BCUT2D eigenvalue weighted by molar-refractivity contribution is 7.09. The van der Waals surface area contributed by atoms with Crippen molar-refractivity contribution < 1.29 is 9.53 Å². The summed E-state index contributed by atoms with van der Waals surface area (Å²) >= 11 is 1.77. The average Bonchev–Trinajstić information content (AvgIpc) is 3.50. The average molecular weight is 546 g/mol. The minimum Gasteiger partial charge on any atom is -0.444 e. The van der Waals surface area contributed by atoms with Gasteiger partial charge in [-0.15, -0.1) is 11.3 Å². The lowest BCUT2D eigenvalue weighted by Crippen LogP contribution is -2.60. The van der Waals surface area contributed by atoms with E-state index in [0.29, 0.717) is 5.92 Å². The lowest BCUT2D eigenvalue weighted by molar-refractivity contribution is -0.0266. The zero-order valence-electron chi connectivity index (χ0n) is 24.0. The number of aryl methyl sites for hydroxylation is 2. The monoisotopic (exact) mass is 545 g/mol. The number of rotatable bonds is 3. The molecule has 1 aromatic carbocycles. The van der Waals surface area contributed by atoms with Gasteiger partial charge in [-0.2, -0.15) is 0 Å². The number of benzene rings is 1. The summed E-state index contributed by atoms with van der Waals surface area (Å²) in [5.41, 5.74) is 10.1. The third kappa shape index (κ3) is 4.92. The molecule has 1 atom stereocenters. The third-order valence-corrected chi connectivity index (χ3v) is 9.80. The number of hydrogen-bond acceptors (Lipinski definition) is 7. The van der Waals surface area contributed by atoms with Crippen LogP contribution in [0.5, 0.6) is 0 Å². The molecule has 3 aromatic rings. The Kier molecular flexibility index (Phi) is 6.44. The molecule has 3 aliphatic rings. The summed E-state index contributed by atoms with van der Waals surface area (Å²) in [5.74, 6) is 1.29. The second kappa shape index (κ2) is 9.58. The zero-order chi connectivity index (χ0) is 27.5. The lowest BCUT2D eigenvalue weighted by Gasteiger charge is -2.47. The molecule has 2 fully saturated rings. The maximum absolute atomic E-state index is 12.6. The number of hydrogen-bond donors (Lipinski definition) is 0. The first-order valence-electron chi connectivity index (χ1n) is 14.1. The largest absolute Gasteiger partial charge is 0.444 e. The number of carbonyl (C=O) groups is 1. The van der Waals surface area contributed by atoms with Crippen LogP contribution in [0.4, 0.5) is 10.7 Å². The summed E-state index contributed by atoms with van der Waals surface area (Å²) in [6.07, 6.45) is 3.84. The number of carbonyl (C=O) groups excluding carboxylic acids is 1. The van der Waals surface area contributed by atoms with Gasteiger partial charge in [0.15, 0.2) is 0 Å². The van der Waals surface area contributed by atoms with Gasteiger partial charge in [-0.1, -0.05) is 18.2 Å². The maximum Gasteiger partial charge on any atom is 0.410 e. The number of fused-ring (bicyclic) bond motifs is 1. The van der Waals surface area contributed by atoms with E-state index in [1.807, 2.05) is 31.2 Å². The van der Waals surface area contributed by atoms with E-state index in [0.717, 1.165) is 69.2 Å². The van der Waals surface area contributed by atoms with Crippen molar-refractivity contribution in [1.29, 1.82) is 0 Å². The minimum atomic E-state index is -0.474. The molecule has 0 N–H and O–H groups in total. The molecule has 7 nitrogen and oxygen atoms in total. The molecule has 1 aliphatic carbocycles. The van der Waals surface area contributed by atoms with Crippen LogP contribution in [0.3, 0.4) is 0 Å². The molecule has 1 spiro atoms. The van der Waals surface area contributed by atoms with Crippen LogP contribution >= 0.6 is 11.3 Å². The lowest BCUT2D eigenvalue weighted by atomic mass is 9.79. The molecule has 0 radical (unpaired) electrons. The zero-order valence-corrected chi connectivity index (χ0v) is 24.8. The molecule has 0 saturated carbocycles. The second-order valence-corrected chi connectivity index (χ2v) is 13.7. The van der Waals surface area contributed by atoms with Crippen molar-refractivity contribution in [3.63, 3.8) is 0 Å². The number of amides is 1. The maximum atomic E-state index is 12.6. The van der Waals surface area contributed by atoms with Gasteiger partial charge in [0.2, 0.25) is 5.95 Å². The summed E-state index contributed by atoms with van der Waals surface area (Å²) in [6, 6.07) is 6.53. The van der Waals surface area contributed by atoms with Crippen molar-refractivity contribution in [2.24, 2.45) is 5.41 Å². The Morgan fingerprint density at radius 1 is 1.13 bits per heavy atom. The number of nitrogens with zero attached hydrogens (tertiary/aromatic N) is 5. The van der Waals surface area contributed by atoms with Crippen LogP contribution in [0.25, 0.3) is 11.3 Å². The molecule has 2 aliphatic heterocycles. The first-order valence-corrected chi connectivity index (χ1v) is 15.0. The van der Waals surface area contributed by atoms with Gasteiger partial charge < -0.3 is 14.5 Å². The molecular weight excluding hydrogens is 506 g/mol. The fraction of sp³-hybridized carbons (Fsp3) is 0.548. The van der Waals surface area contributed by atoms with Gasteiger partial charge in [-0.25, -0.2) is 19.7 Å². The van der Waals surface area contributed by atoms with Crippen LogP contribution in [0.1, 0.15) is 72.5 Å². The normalized spacial score (nSPS) is 20.2. The Bertz CT molecular complexity index is 1420. The standard InChI is InChI=1S/C31H39N5O2S/c1-19-8-7-9-23(20(19)2)26-24-11-10-22(27-21(3)32-18-39-27)14-25(24)33-28(34-26)35-13-12-31(15-35)16-36(17-31)29(37)38-30(4,5)6/h7-9,18,22H,10-17H2,1-6H3. The highest BCUT2D eigenvalue weighted by Crippen LogP contribution is 2.43. The molecule has 0 bridgehead atoms. The van der Waals surface area contributed by atoms with E-state index >= 15 is 0 Å². The Morgan fingerprint density at radius 2 is 1.92 bits per heavy atom. The number of anilines is 1. The van der Waals surface area contributed by atoms with Crippen LogP contribution in [-0.2, 0) is 17.6 Å². The molecule has 1 unspecified atom stereocenters. The summed E-state index contributed by atoms with van der Waals surface area (Å²) in [6.45, 7) is 15.5. The molecule has 8 heteroatoms. The highest BCUT2D eigenvalue weighted by Gasteiger charge is 2.51. The SMILES string of the molecule is Cc1cccc(-c2nc(N3CCC4(CN(C(=O)OC(C)(C)C)C4)C3)nc3c2CCC(c2scnc2C)C3)c1C. The number of aromatic nitrogens is 3. The van der Waals surface area contributed by atoms with Crippen molar-refractivity contribution in [2.45, 2.75) is 78.7 Å². The minimum absolute atomic E-state index is 0.0951. The van der Waals surface area contributed by atoms with Crippen molar-refractivity contribution >= 4 is 23.4 Å². The van der Waals surface area contributed by atoms with Gasteiger partial charge >= 0.3 is 6.09 Å². The van der Waals surface area contributed by atoms with Crippen LogP contribution in [0.2, 0.25) is 0 Å². The molecule has 2 aromatic heterocycles. The molecule has 1 amide bonds. The summed E-state index contributed by atoms with van der Waals surface area (Å²) in [4.78, 5) is 33.2. The quantitative estimate of drug-likeness (QED) is 0.388. The molecular formula is C31H39N5O2S. The van der Waals surface area contributed by atoms with Crippen LogP contribution in [0, 0.1) is 26.2 Å². The fourth-order valence-electron chi connectivity index (χ4n) is 6.48. The molecule has 206 valence electrons. The summed E-state index contributed by atoms with van der Waals surface area (Å²) in [7, 11) is 0. The first kappa shape index (κ1) is 26.2. The van der Waals surface area contributed by atoms with E-state index in [1.165, 1.54) is 32.8 Å². The Hall–Kier alpha value is -3.00. The summed E-state index contributed by atoms with van der Waals surface area (Å²) < 4.78 is 5.60. The first-order chi connectivity index (χ1) is 18.5. The smallest absolute Gasteiger partial charge is 0.410 e. The van der Waals surface area contributed by atoms with Crippen molar-refractivity contribution in [1.82, 2.24) is 19.9 Å². The van der Waals surface area contributed by atoms with E-state index in [4.69, 9.17) is 14.7 Å². The van der Waals surface area contributed by atoms with Gasteiger partial charge in [0.05, 0.1) is 22.6 Å². The third-order valence-electron chi connectivity index (χ3n) is 8.70. The van der Waals surface area contributed by atoms with E-state index in [-0.39, 0.29) is 11.5 Å². The van der Waals surface area contributed by atoms with Gasteiger partial charge in [0, 0.05) is 53.5 Å². The molecule has 39 heavy (non-hydrogen) atoms. The topological polar surface area (TPSA) is 71.5 Å². The van der Waals surface area contributed by atoms with Crippen LogP contribution in [0.15, 0.2) is 23.7 Å². The van der Waals surface area contributed by atoms with Gasteiger partial charge in [0.1, 0.15) is 5.60 Å². The highest BCUT2D eigenvalue weighted by atomic mass is 32.1. The van der Waals surface area contributed by atoms with Gasteiger partial charge in [-0.3, -0.25) is 0 Å². The Balaban J connectivity index is 1.30. The fourth-order valence-corrected chi connectivity index (χ4v) is 7.43. The molecule has 6 rings (SSSR count). The van der Waals surface area contributed by atoms with E-state index < -0.39 is 5.60 Å². The molecule has 2 saturated heterocycles. The molecule has 4 heterocycles. The van der Waals surface area contributed by atoms with Crippen LogP contribution < -0.4 is 4.90 Å². The number of ether oxygens (including phenoxy) is 1. The number of thiazole rings is 1. The predicted molar refractivity (Wildman–Crippen MR) is 156 cm³/mol. The van der Waals surface area contributed by atoms with E-state index in [1.54, 1.807) is 11.3 Å². The van der Waals surface area contributed by atoms with Crippen molar-refractivity contribution in [3.05, 3.63) is 56.7 Å². The van der Waals surface area contributed by atoms with Gasteiger partial charge in [-0.05, 0) is 78.4 Å². The second-order valence-electron chi connectivity index (χ2n) is 12.8. The Labute approximate surface area is 235 Å². The number of likely N-dealkylation sites (tertiary alicyclic amines) is 1. The van der Waals surface area contributed by atoms with Crippen molar-refractivity contribution in [2.75, 3.05) is 31.1 Å². The van der Waals surface area contributed by atoms with E-state index in [9.17, 15) is 4.79 Å². The summed E-state index contributed by atoms with van der Waals surface area (Å²) in [5, 5.41) is 0. The predicted octanol–water partition coefficient (Wildman–Crippen LogP) is 6.25. The Morgan fingerprint density at radius 3 is 2.64 bits per heavy atom. The van der Waals surface area contributed by atoms with Crippen molar-refractivity contribution in [3.8, 4) is 11.3 Å². The van der Waals surface area contributed by atoms with E-state index in [2.05, 4.69) is 48.9 Å². The van der Waals surface area contributed by atoms with Crippen LogP contribution in [-0.4, -0.2) is 57.7 Å². The van der Waals surface area contributed by atoms with Gasteiger partial charge in [0.25, 0.3) is 0 Å².